The Balaban J connectivity index is 1.78. The van der Waals surface area contributed by atoms with Crippen LogP contribution in [-0.4, -0.2) is 35.4 Å². The SMILES string of the molecule is O=C(CCNc1ncc(Cl)cc1Br)N1CCCCC1. The highest BCUT2D eigenvalue weighted by atomic mass is 79.9. The average Bonchev–Trinajstić information content (AvgIpc) is 2.42. The second kappa shape index (κ2) is 7.10. The molecule has 1 aliphatic rings. The van der Waals surface area contributed by atoms with Gasteiger partial charge in [-0.3, -0.25) is 4.79 Å². The predicted octanol–water partition coefficient (Wildman–Crippen LogP) is 3.31. The van der Waals surface area contributed by atoms with Crippen molar-refractivity contribution >= 4 is 39.3 Å². The number of halogens is 2. The number of carbonyl (C=O) groups is 1. The summed E-state index contributed by atoms with van der Waals surface area (Å²) < 4.78 is 0.811. The number of amides is 1. The summed E-state index contributed by atoms with van der Waals surface area (Å²) in [5.74, 6) is 0.938. The maximum Gasteiger partial charge on any atom is 0.224 e. The van der Waals surface area contributed by atoms with Crippen LogP contribution in [0.25, 0.3) is 0 Å². The Morgan fingerprint density at radius 1 is 1.42 bits per heavy atom. The summed E-state index contributed by atoms with van der Waals surface area (Å²) in [7, 11) is 0. The Morgan fingerprint density at radius 2 is 2.16 bits per heavy atom. The molecule has 1 aromatic rings. The average molecular weight is 347 g/mol. The molecule has 19 heavy (non-hydrogen) atoms. The van der Waals surface area contributed by atoms with Crippen molar-refractivity contribution in [2.75, 3.05) is 25.0 Å². The van der Waals surface area contributed by atoms with Crippen LogP contribution in [0.1, 0.15) is 25.7 Å². The van der Waals surface area contributed by atoms with Crippen molar-refractivity contribution in [1.82, 2.24) is 9.88 Å². The quantitative estimate of drug-likeness (QED) is 0.909. The first kappa shape index (κ1) is 14.6. The Labute approximate surface area is 126 Å². The molecule has 0 saturated carbocycles. The lowest BCUT2D eigenvalue weighted by Crippen LogP contribution is -2.36. The van der Waals surface area contributed by atoms with Crippen LogP contribution < -0.4 is 5.32 Å². The topological polar surface area (TPSA) is 45.2 Å². The van der Waals surface area contributed by atoms with E-state index >= 15 is 0 Å². The number of nitrogens with one attached hydrogen (secondary N) is 1. The van der Waals surface area contributed by atoms with Crippen LogP contribution >= 0.6 is 27.5 Å². The minimum atomic E-state index is 0.220. The van der Waals surface area contributed by atoms with Crippen molar-refractivity contribution in [1.29, 1.82) is 0 Å². The molecule has 1 N–H and O–H groups in total. The highest BCUT2D eigenvalue weighted by molar-refractivity contribution is 9.10. The van der Waals surface area contributed by atoms with Crippen LogP contribution in [0.2, 0.25) is 5.02 Å². The molecule has 2 rings (SSSR count). The van der Waals surface area contributed by atoms with Crippen LogP contribution in [0.5, 0.6) is 0 Å². The molecule has 0 bridgehead atoms. The molecule has 6 heteroatoms. The molecular weight excluding hydrogens is 330 g/mol. The van der Waals surface area contributed by atoms with Gasteiger partial charge in [0, 0.05) is 32.3 Å². The predicted molar refractivity (Wildman–Crippen MR) is 80.5 cm³/mol. The highest BCUT2D eigenvalue weighted by Gasteiger charge is 2.15. The van der Waals surface area contributed by atoms with Crippen LogP contribution in [0.3, 0.4) is 0 Å². The van der Waals surface area contributed by atoms with Gasteiger partial charge in [-0.2, -0.15) is 0 Å². The molecule has 1 aromatic heterocycles. The molecule has 0 aliphatic carbocycles. The third-order valence-corrected chi connectivity index (χ3v) is 3.96. The van der Waals surface area contributed by atoms with Crippen LogP contribution in [0.4, 0.5) is 5.82 Å². The van der Waals surface area contributed by atoms with Crippen LogP contribution in [0, 0.1) is 0 Å². The summed E-state index contributed by atoms with van der Waals surface area (Å²) in [6.45, 7) is 2.39. The smallest absolute Gasteiger partial charge is 0.224 e. The Morgan fingerprint density at radius 3 is 2.84 bits per heavy atom. The van der Waals surface area contributed by atoms with Gasteiger partial charge in [-0.25, -0.2) is 4.98 Å². The van der Waals surface area contributed by atoms with Gasteiger partial charge in [0.25, 0.3) is 0 Å². The number of rotatable bonds is 4. The Bertz CT molecular complexity index is 450. The van der Waals surface area contributed by atoms with E-state index in [1.807, 2.05) is 4.90 Å². The lowest BCUT2D eigenvalue weighted by Gasteiger charge is -2.26. The molecule has 0 radical (unpaired) electrons. The van der Waals surface area contributed by atoms with E-state index in [-0.39, 0.29) is 5.91 Å². The lowest BCUT2D eigenvalue weighted by molar-refractivity contribution is -0.131. The van der Waals surface area contributed by atoms with Gasteiger partial charge < -0.3 is 10.2 Å². The summed E-state index contributed by atoms with van der Waals surface area (Å²) in [5.41, 5.74) is 0. The number of aromatic nitrogens is 1. The van der Waals surface area contributed by atoms with Crippen molar-refractivity contribution in [2.24, 2.45) is 0 Å². The standard InChI is InChI=1S/C13H17BrClN3O/c14-11-8-10(15)9-17-13(11)16-5-4-12(19)18-6-2-1-3-7-18/h8-9H,1-7H2,(H,16,17). The second-order valence-corrected chi connectivity index (χ2v) is 5.89. The van der Waals surface area contributed by atoms with Gasteiger partial charge in [-0.05, 0) is 41.3 Å². The van der Waals surface area contributed by atoms with E-state index in [9.17, 15) is 4.79 Å². The van der Waals surface area contributed by atoms with Gasteiger partial charge in [0.1, 0.15) is 5.82 Å². The minimum Gasteiger partial charge on any atom is -0.369 e. The first-order valence-corrected chi connectivity index (χ1v) is 7.66. The van der Waals surface area contributed by atoms with Gasteiger partial charge in [0.15, 0.2) is 0 Å². The first-order valence-electron chi connectivity index (χ1n) is 6.49. The molecule has 0 spiro atoms. The van der Waals surface area contributed by atoms with E-state index in [2.05, 4.69) is 26.2 Å². The number of pyridine rings is 1. The number of nitrogens with zero attached hydrogens (tertiary/aromatic N) is 2. The Kier molecular flexibility index (Phi) is 5.45. The summed E-state index contributed by atoms with van der Waals surface area (Å²) in [6, 6.07) is 1.78. The molecule has 0 aromatic carbocycles. The normalized spacial score (nSPS) is 15.4. The molecule has 104 valence electrons. The summed E-state index contributed by atoms with van der Waals surface area (Å²) >= 11 is 9.21. The molecule has 0 unspecified atom stereocenters. The number of carbonyl (C=O) groups excluding carboxylic acids is 1. The lowest BCUT2D eigenvalue weighted by atomic mass is 10.1. The fraction of sp³-hybridized carbons (Fsp3) is 0.538. The zero-order valence-electron chi connectivity index (χ0n) is 10.7. The van der Waals surface area contributed by atoms with Crippen molar-refractivity contribution < 1.29 is 4.79 Å². The molecule has 0 atom stereocenters. The number of piperidine rings is 1. The fourth-order valence-electron chi connectivity index (χ4n) is 2.13. The fourth-order valence-corrected chi connectivity index (χ4v) is 2.91. The molecule has 1 fully saturated rings. The van der Waals surface area contributed by atoms with Crippen molar-refractivity contribution in [3.63, 3.8) is 0 Å². The summed E-state index contributed by atoms with van der Waals surface area (Å²) in [5, 5.41) is 3.73. The van der Waals surface area contributed by atoms with Crippen molar-refractivity contribution in [3.8, 4) is 0 Å². The number of likely N-dealkylation sites (tertiary alicyclic amines) is 1. The van der Waals surface area contributed by atoms with E-state index in [4.69, 9.17) is 11.6 Å². The van der Waals surface area contributed by atoms with Gasteiger partial charge in [0.2, 0.25) is 5.91 Å². The number of hydrogen-bond acceptors (Lipinski definition) is 3. The maximum absolute atomic E-state index is 12.0. The molecule has 1 saturated heterocycles. The van der Waals surface area contributed by atoms with Crippen LogP contribution in [-0.2, 0) is 4.79 Å². The van der Waals surface area contributed by atoms with E-state index < -0.39 is 0 Å². The Hall–Kier alpha value is -0.810. The van der Waals surface area contributed by atoms with E-state index in [1.54, 1.807) is 12.3 Å². The van der Waals surface area contributed by atoms with Gasteiger partial charge >= 0.3 is 0 Å². The molecule has 2 heterocycles. The molecule has 1 aliphatic heterocycles. The number of anilines is 1. The monoisotopic (exact) mass is 345 g/mol. The summed E-state index contributed by atoms with van der Waals surface area (Å²) in [6.07, 6.45) is 5.58. The van der Waals surface area contributed by atoms with E-state index in [1.165, 1.54) is 6.42 Å². The third kappa shape index (κ3) is 4.35. The first-order chi connectivity index (χ1) is 9.16. The number of hydrogen-bond donors (Lipinski definition) is 1. The highest BCUT2D eigenvalue weighted by Crippen LogP contribution is 2.23. The van der Waals surface area contributed by atoms with Crippen molar-refractivity contribution in [3.05, 3.63) is 21.8 Å². The zero-order chi connectivity index (χ0) is 13.7. The molecular formula is C13H17BrClN3O. The van der Waals surface area contributed by atoms with Crippen LogP contribution in [0.15, 0.2) is 16.7 Å². The van der Waals surface area contributed by atoms with E-state index in [0.29, 0.717) is 18.0 Å². The summed E-state index contributed by atoms with van der Waals surface area (Å²) in [4.78, 5) is 18.1. The maximum atomic E-state index is 12.0. The molecule has 1 amide bonds. The van der Waals surface area contributed by atoms with Gasteiger partial charge in [-0.15, -0.1) is 0 Å². The molecule has 4 nitrogen and oxygen atoms in total. The minimum absolute atomic E-state index is 0.220. The largest absolute Gasteiger partial charge is 0.369 e. The zero-order valence-corrected chi connectivity index (χ0v) is 13.0. The van der Waals surface area contributed by atoms with E-state index in [0.717, 1.165) is 36.2 Å². The second-order valence-electron chi connectivity index (χ2n) is 4.60. The van der Waals surface area contributed by atoms with Gasteiger partial charge in [0.05, 0.1) is 9.50 Å². The van der Waals surface area contributed by atoms with Crippen molar-refractivity contribution in [2.45, 2.75) is 25.7 Å². The third-order valence-electron chi connectivity index (χ3n) is 3.15. The van der Waals surface area contributed by atoms with Gasteiger partial charge in [-0.1, -0.05) is 11.6 Å².